The van der Waals surface area contributed by atoms with Gasteiger partial charge in [-0.3, -0.25) is 4.79 Å². The first-order valence-electron chi connectivity index (χ1n) is 4.93. The van der Waals surface area contributed by atoms with Crippen LogP contribution in [0.15, 0.2) is 0 Å². The first-order valence-corrected chi connectivity index (χ1v) is 4.93. The molecule has 0 aromatic rings. The monoisotopic (exact) mass is 189 g/mol. The Kier molecular flexibility index (Phi) is 10.9. The van der Waals surface area contributed by atoms with Crippen molar-refractivity contribution in [3.05, 3.63) is 0 Å². The van der Waals surface area contributed by atoms with Crippen molar-refractivity contribution in [2.75, 3.05) is 6.61 Å². The number of amides is 1. The Balaban J connectivity index is 0. The van der Waals surface area contributed by atoms with Crippen molar-refractivity contribution in [3.8, 4) is 0 Å². The van der Waals surface area contributed by atoms with Crippen molar-refractivity contribution in [3.63, 3.8) is 0 Å². The second kappa shape index (κ2) is 9.52. The number of nitrogens with one attached hydrogen (secondary N) is 1. The van der Waals surface area contributed by atoms with Crippen LogP contribution in [0.1, 0.15) is 41.5 Å². The summed E-state index contributed by atoms with van der Waals surface area (Å²) in [6.07, 6.45) is 0.118. The third-order valence-electron chi connectivity index (χ3n) is 0.997. The Hall–Kier alpha value is -0.570. The van der Waals surface area contributed by atoms with Crippen molar-refractivity contribution in [1.29, 1.82) is 0 Å². The molecule has 0 atom stereocenters. The fourth-order valence-electron chi connectivity index (χ4n) is 0.606. The zero-order valence-electron chi connectivity index (χ0n) is 9.68. The van der Waals surface area contributed by atoms with E-state index in [1.54, 1.807) is 0 Å². The third-order valence-corrected chi connectivity index (χ3v) is 0.997. The van der Waals surface area contributed by atoms with Crippen LogP contribution in [-0.2, 0) is 9.53 Å². The van der Waals surface area contributed by atoms with E-state index in [1.165, 1.54) is 0 Å². The molecule has 0 aliphatic carbocycles. The second-order valence-corrected chi connectivity index (χ2v) is 3.08. The molecule has 1 N–H and O–H groups in total. The average molecular weight is 189 g/mol. The number of carbonyl (C=O) groups is 1. The van der Waals surface area contributed by atoms with Crippen molar-refractivity contribution in [1.82, 2.24) is 5.32 Å². The maximum Gasteiger partial charge on any atom is 0.246 e. The van der Waals surface area contributed by atoms with Crippen molar-refractivity contribution in [2.24, 2.45) is 0 Å². The molecule has 0 unspecified atom stereocenters. The predicted molar refractivity (Wildman–Crippen MR) is 55.7 cm³/mol. The first kappa shape index (κ1) is 14.9. The highest BCUT2D eigenvalue weighted by molar-refractivity contribution is 5.77. The molecule has 0 spiro atoms. The minimum absolute atomic E-state index is 0.0475. The van der Waals surface area contributed by atoms with E-state index in [2.05, 4.69) is 5.32 Å². The maximum atomic E-state index is 10.9. The molecule has 0 saturated heterocycles. The highest BCUT2D eigenvalue weighted by atomic mass is 16.5. The van der Waals surface area contributed by atoms with Crippen LogP contribution in [0.3, 0.4) is 0 Å². The summed E-state index contributed by atoms with van der Waals surface area (Å²) in [7, 11) is 0. The van der Waals surface area contributed by atoms with Gasteiger partial charge in [-0.15, -0.1) is 0 Å². The van der Waals surface area contributed by atoms with Crippen molar-refractivity contribution in [2.45, 2.75) is 53.7 Å². The molecule has 0 aliphatic heterocycles. The highest BCUT2D eigenvalue weighted by Gasteiger charge is 2.03. The van der Waals surface area contributed by atoms with Gasteiger partial charge < -0.3 is 10.1 Å². The SMILES string of the molecule is CC.CC(C)NC(=O)COC(C)C. The molecule has 0 aromatic heterocycles. The standard InChI is InChI=1S/C8H17NO2.C2H6/c1-6(2)9-8(10)5-11-7(3)4;1-2/h6-7H,5H2,1-4H3,(H,9,10);1-2H3. The average Bonchev–Trinajstić information content (AvgIpc) is 2.03. The number of carbonyl (C=O) groups excluding carboxylic acids is 1. The van der Waals surface area contributed by atoms with Gasteiger partial charge >= 0.3 is 0 Å². The van der Waals surface area contributed by atoms with Gasteiger partial charge in [-0.1, -0.05) is 13.8 Å². The Labute approximate surface area is 81.9 Å². The molecule has 3 heteroatoms. The largest absolute Gasteiger partial charge is 0.369 e. The fourth-order valence-corrected chi connectivity index (χ4v) is 0.606. The van der Waals surface area contributed by atoms with Crippen LogP contribution >= 0.6 is 0 Å². The fraction of sp³-hybridized carbons (Fsp3) is 0.900. The number of rotatable bonds is 4. The van der Waals surface area contributed by atoms with E-state index in [0.717, 1.165) is 0 Å². The minimum Gasteiger partial charge on any atom is -0.369 e. The van der Waals surface area contributed by atoms with E-state index in [1.807, 2.05) is 41.5 Å². The number of ether oxygens (including phenoxy) is 1. The highest BCUT2D eigenvalue weighted by Crippen LogP contribution is 1.87. The zero-order valence-corrected chi connectivity index (χ0v) is 9.68. The van der Waals surface area contributed by atoms with E-state index >= 15 is 0 Å². The molecule has 1 amide bonds. The Morgan fingerprint density at radius 2 is 1.69 bits per heavy atom. The molecule has 0 radical (unpaired) electrons. The first-order chi connectivity index (χ1) is 6.02. The maximum absolute atomic E-state index is 10.9. The summed E-state index contributed by atoms with van der Waals surface area (Å²) in [5.41, 5.74) is 0. The molecule has 0 saturated carbocycles. The molecule has 0 aliphatic rings. The summed E-state index contributed by atoms with van der Waals surface area (Å²) in [5.74, 6) is -0.0475. The van der Waals surface area contributed by atoms with Crippen molar-refractivity contribution >= 4 is 5.91 Å². The normalized spacial score (nSPS) is 9.54. The smallest absolute Gasteiger partial charge is 0.246 e. The summed E-state index contributed by atoms with van der Waals surface area (Å²) >= 11 is 0. The van der Waals surface area contributed by atoms with Crippen LogP contribution < -0.4 is 5.32 Å². The van der Waals surface area contributed by atoms with Gasteiger partial charge in [-0.05, 0) is 27.7 Å². The van der Waals surface area contributed by atoms with Gasteiger partial charge in [0.2, 0.25) is 5.91 Å². The lowest BCUT2D eigenvalue weighted by Gasteiger charge is -2.10. The molecule has 0 bridgehead atoms. The van der Waals surface area contributed by atoms with E-state index < -0.39 is 0 Å². The molecule has 13 heavy (non-hydrogen) atoms. The van der Waals surface area contributed by atoms with Crippen molar-refractivity contribution < 1.29 is 9.53 Å². The number of hydrogen-bond acceptors (Lipinski definition) is 2. The molecular formula is C10H23NO2. The summed E-state index contributed by atoms with van der Waals surface area (Å²) in [5, 5.41) is 2.73. The molecule has 3 nitrogen and oxygen atoms in total. The zero-order chi connectivity index (χ0) is 10.9. The second-order valence-electron chi connectivity index (χ2n) is 3.08. The minimum atomic E-state index is -0.0475. The lowest BCUT2D eigenvalue weighted by Crippen LogP contribution is -2.33. The molecule has 0 rings (SSSR count). The molecule has 0 aromatic carbocycles. The Morgan fingerprint density at radius 1 is 1.23 bits per heavy atom. The van der Waals surface area contributed by atoms with Crippen LogP contribution in [0.25, 0.3) is 0 Å². The quantitative estimate of drug-likeness (QED) is 0.734. The van der Waals surface area contributed by atoms with E-state index in [4.69, 9.17) is 4.74 Å². The van der Waals surface area contributed by atoms with Gasteiger partial charge in [0.05, 0.1) is 6.10 Å². The van der Waals surface area contributed by atoms with E-state index in [9.17, 15) is 4.79 Å². The van der Waals surface area contributed by atoms with Gasteiger partial charge in [0.15, 0.2) is 0 Å². The lowest BCUT2D eigenvalue weighted by atomic mass is 10.4. The van der Waals surface area contributed by atoms with E-state index in [-0.39, 0.29) is 24.7 Å². The summed E-state index contributed by atoms with van der Waals surface area (Å²) < 4.78 is 5.09. The topological polar surface area (TPSA) is 38.3 Å². The van der Waals surface area contributed by atoms with Gasteiger partial charge in [0.1, 0.15) is 6.61 Å². The third kappa shape index (κ3) is 14.3. The molecule has 0 heterocycles. The number of hydrogen-bond donors (Lipinski definition) is 1. The van der Waals surface area contributed by atoms with Crippen LogP contribution in [0, 0.1) is 0 Å². The predicted octanol–water partition coefficient (Wildman–Crippen LogP) is 1.96. The summed E-state index contributed by atoms with van der Waals surface area (Å²) in [6.45, 7) is 11.8. The van der Waals surface area contributed by atoms with Crippen LogP contribution in [-0.4, -0.2) is 24.7 Å². The Morgan fingerprint density at radius 3 is 2.00 bits per heavy atom. The van der Waals surface area contributed by atoms with Crippen LogP contribution in [0.4, 0.5) is 0 Å². The lowest BCUT2D eigenvalue weighted by molar-refractivity contribution is -0.127. The molecule has 80 valence electrons. The van der Waals surface area contributed by atoms with Crippen LogP contribution in [0.2, 0.25) is 0 Å². The molecular weight excluding hydrogens is 166 g/mol. The summed E-state index contributed by atoms with van der Waals surface area (Å²) in [4.78, 5) is 10.9. The van der Waals surface area contributed by atoms with Gasteiger partial charge in [-0.2, -0.15) is 0 Å². The van der Waals surface area contributed by atoms with Gasteiger partial charge in [0.25, 0.3) is 0 Å². The van der Waals surface area contributed by atoms with E-state index in [0.29, 0.717) is 0 Å². The Bertz CT molecular complexity index is 122. The van der Waals surface area contributed by atoms with Crippen LogP contribution in [0.5, 0.6) is 0 Å². The summed E-state index contributed by atoms with van der Waals surface area (Å²) in [6, 6.07) is 0.193. The van der Waals surface area contributed by atoms with Gasteiger partial charge in [-0.25, -0.2) is 0 Å². The van der Waals surface area contributed by atoms with Gasteiger partial charge in [0, 0.05) is 6.04 Å². The molecule has 0 fully saturated rings.